The number of hydrogen-bond acceptors (Lipinski definition) is 3. The van der Waals surface area contributed by atoms with Gasteiger partial charge in [-0.1, -0.05) is 71.8 Å². The molecule has 1 unspecified atom stereocenters. The lowest BCUT2D eigenvalue weighted by Crippen LogP contribution is -2.54. The van der Waals surface area contributed by atoms with Crippen molar-refractivity contribution in [3.05, 3.63) is 129 Å². The zero-order valence-corrected chi connectivity index (χ0v) is 23.8. The van der Waals surface area contributed by atoms with Crippen molar-refractivity contribution >= 4 is 17.3 Å². The summed E-state index contributed by atoms with van der Waals surface area (Å²) in [6, 6.07) is 18.2. The highest BCUT2D eigenvalue weighted by atomic mass is 19.4. The maximum Gasteiger partial charge on any atom is 0.411 e. The first-order chi connectivity index (χ1) is 20.0. The number of rotatable bonds is 7. The Morgan fingerprint density at radius 2 is 1.09 bits per heavy atom. The molecule has 0 fully saturated rings. The summed E-state index contributed by atoms with van der Waals surface area (Å²) in [4.78, 5) is 12.8. The Kier molecular flexibility index (Phi) is 8.65. The molecule has 0 radical (unpaired) electrons. The molecule has 0 saturated carbocycles. The van der Waals surface area contributed by atoms with Crippen LogP contribution in [0.4, 0.5) is 37.7 Å². The predicted octanol–water partition coefficient (Wildman–Crippen LogP) is 8.69. The number of halogens is 6. The van der Waals surface area contributed by atoms with Crippen LogP contribution in [0.3, 0.4) is 0 Å². The Bertz CT molecular complexity index is 1600. The lowest BCUT2D eigenvalue weighted by atomic mass is 9.72. The smallest absolute Gasteiger partial charge is 0.369 e. The zero-order valence-electron chi connectivity index (χ0n) is 23.8. The van der Waals surface area contributed by atoms with Crippen molar-refractivity contribution in [2.24, 2.45) is 0 Å². The zero-order chi connectivity index (χ0) is 31.7. The normalized spacial score (nSPS) is 13.0. The van der Waals surface area contributed by atoms with Gasteiger partial charge in [0.1, 0.15) is 0 Å². The fourth-order valence-corrected chi connectivity index (χ4v) is 4.86. The summed E-state index contributed by atoms with van der Waals surface area (Å²) in [6.45, 7) is 6.60. The SMILES string of the molecule is Cc1ccc(C(=O)Nc2cc(C(c3ccc(C)c(NC(O)c4ccc(C)cc4)c3)(C(F)(F)F)C(F)(F)F)ccc2C)cc1. The van der Waals surface area contributed by atoms with Gasteiger partial charge in [0, 0.05) is 22.5 Å². The molecule has 1 amide bonds. The molecule has 0 aromatic heterocycles. The van der Waals surface area contributed by atoms with Crippen LogP contribution in [0.25, 0.3) is 0 Å². The molecule has 10 heteroatoms. The molecule has 3 N–H and O–H groups in total. The van der Waals surface area contributed by atoms with Gasteiger partial charge in [0.2, 0.25) is 5.41 Å². The second-order valence-electron chi connectivity index (χ2n) is 10.6. The molecule has 1 atom stereocenters. The van der Waals surface area contributed by atoms with Gasteiger partial charge in [-0.15, -0.1) is 0 Å². The Balaban J connectivity index is 1.84. The van der Waals surface area contributed by atoms with Crippen LogP contribution >= 0.6 is 0 Å². The molecule has 0 bridgehead atoms. The maximum absolute atomic E-state index is 15.0. The largest absolute Gasteiger partial charge is 0.411 e. The Labute approximate surface area is 245 Å². The lowest BCUT2D eigenvalue weighted by molar-refractivity contribution is -0.288. The van der Waals surface area contributed by atoms with Gasteiger partial charge in [-0.3, -0.25) is 4.79 Å². The van der Waals surface area contributed by atoms with Gasteiger partial charge >= 0.3 is 12.4 Å². The lowest BCUT2D eigenvalue weighted by Gasteiger charge is -2.39. The average Bonchev–Trinajstić information content (AvgIpc) is 2.91. The minimum atomic E-state index is -5.85. The summed E-state index contributed by atoms with van der Waals surface area (Å²) in [5.41, 5.74) is -4.05. The van der Waals surface area contributed by atoms with E-state index in [1.54, 1.807) is 43.3 Å². The minimum Gasteiger partial charge on any atom is -0.369 e. The van der Waals surface area contributed by atoms with E-state index in [4.69, 9.17) is 0 Å². The molecular weight excluding hydrogens is 570 g/mol. The number of benzene rings is 4. The van der Waals surface area contributed by atoms with Crippen LogP contribution < -0.4 is 10.6 Å². The number of carbonyl (C=O) groups is 1. The van der Waals surface area contributed by atoms with E-state index in [0.29, 0.717) is 11.1 Å². The molecule has 4 aromatic carbocycles. The van der Waals surface area contributed by atoms with Crippen molar-refractivity contribution in [1.82, 2.24) is 0 Å². The molecule has 43 heavy (non-hydrogen) atoms. The third-order valence-electron chi connectivity index (χ3n) is 7.44. The van der Waals surface area contributed by atoms with E-state index >= 15 is 0 Å². The van der Waals surface area contributed by atoms with Crippen LogP contribution in [-0.2, 0) is 5.41 Å². The Morgan fingerprint density at radius 1 is 0.651 bits per heavy atom. The molecule has 0 aliphatic rings. The molecule has 4 aromatic rings. The highest BCUT2D eigenvalue weighted by Crippen LogP contribution is 2.57. The highest BCUT2D eigenvalue weighted by Gasteiger charge is 2.72. The summed E-state index contributed by atoms with van der Waals surface area (Å²) in [7, 11) is 0. The second kappa shape index (κ2) is 11.8. The highest BCUT2D eigenvalue weighted by molar-refractivity contribution is 6.04. The number of aryl methyl sites for hydroxylation is 4. The van der Waals surface area contributed by atoms with Gasteiger partial charge in [-0.05, 0) is 74.2 Å². The fourth-order valence-electron chi connectivity index (χ4n) is 4.86. The van der Waals surface area contributed by atoms with Crippen LogP contribution in [-0.4, -0.2) is 23.4 Å². The molecule has 4 rings (SSSR count). The minimum absolute atomic E-state index is 0.108. The average molecular weight is 601 g/mol. The summed E-state index contributed by atoms with van der Waals surface area (Å²) in [5.74, 6) is -0.684. The van der Waals surface area contributed by atoms with Gasteiger partial charge in [-0.2, -0.15) is 26.3 Å². The molecule has 0 spiro atoms. The van der Waals surface area contributed by atoms with E-state index < -0.39 is 41.0 Å². The first-order valence-electron chi connectivity index (χ1n) is 13.3. The van der Waals surface area contributed by atoms with Gasteiger partial charge in [0.15, 0.2) is 6.23 Å². The van der Waals surface area contributed by atoms with Crippen molar-refractivity contribution in [3.8, 4) is 0 Å². The molecule has 0 heterocycles. The van der Waals surface area contributed by atoms with Crippen LogP contribution in [0.2, 0.25) is 0 Å². The van der Waals surface area contributed by atoms with E-state index in [2.05, 4.69) is 10.6 Å². The van der Waals surface area contributed by atoms with Gasteiger partial charge in [-0.25, -0.2) is 0 Å². The summed E-state index contributed by atoms with van der Waals surface area (Å²) in [5, 5.41) is 15.8. The topological polar surface area (TPSA) is 61.4 Å². The third-order valence-corrected chi connectivity index (χ3v) is 7.44. The number of amides is 1. The first-order valence-corrected chi connectivity index (χ1v) is 13.3. The second-order valence-corrected chi connectivity index (χ2v) is 10.6. The molecular formula is C33H30F6N2O2. The van der Waals surface area contributed by atoms with Crippen molar-refractivity contribution < 1.29 is 36.2 Å². The van der Waals surface area contributed by atoms with Crippen LogP contribution in [0.5, 0.6) is 0 Å². The van der Waals surface area contributed by atoms with E-state index in [1.165, 1.54) is 26.0 Å². The quantitative estimate of drug-likeness (QED) is 0.147. The van der Waals surface area contributed by atoms with Crippen LogP contribution in [0, 0.1) is 27.7 Å². The van der Waals surface area contributed by atoms with Gasteiger partial charge in [0.05, 0.1) is 0 Å². The standard InChI is InChI=1S/C33H30F6N2O2/c1-19-5-11-23(12-6-19)29(42)40-27-17-25(15-9-21(27)3)31(32(34,35)36,33(37,38)39)26-16-10-22(4)28(18-26)41-30(43)24-13-7-20(2)8-14-24/h5-18,29,40,42H,1-4H3,(H,41,43). The van der Waals surface area contributed by atoms with Crippen molar-refractivity contribution in [2.75, 3.05) is 10.6 Å². The van der Waals surface area contributed by atoms with E-state index in [-0.39, 0.29) is 22.5 Å². The van der Waals surface area contributed by atoms with E-state index in [1.807, 2.05) is 6.92 Å². The van der Waals surface area contributed by atoms with Crippen molar-refractivity contribution in [2.45, 2.75) is 51.7 Å². The number of aliphatic hydroxyl groups is 1. The number of nitrogens with one attached hydrogen (secondary N) is 2. The van der Waals surface area contributed by atoms with Crippen molar-refractivity contribution in [1.29, 1.82) is 0 Å². The third kappa shape index (κ3) is 6.24. The van der Waals surface area contributed by atoms with Gasteiger partial charge in [0.25, 0.3) is 5.91 Å². The Hall–Kier alpha value is -4.31. The monoisotopic (exact) mass is 600 g/mol. The number of aliphatic hydroxyl groups excluding tert-OH is 1. The first kappa shape index (κ1) is 31.6. The number of anilines is 2. The fraction of sp³-hybridized carbons (Fsp3) is 0.242. The summed E-state index contributed by atoms with van der Waals surface area (Å²) < 4.78 is 89.8. The van der Waals surface area contributed by atoms with E-state index in [9.17, 15) is 36.2 Å². The number of alkyl halides is 6. The van der Waals surface area contributed by atoms with E-state index in [0.717, 1.165) is 47.5 Å². The van der Waals surface area contributed by atoms with Gasteiger partial charge < -0.3 is 15.7 Å². The summed E-state index contributed by atoms with van der Waals surface area (Å²) in [6.07, 6.45) is -13.1. The molecule has 0 saturated heterocycles. The molecule has 0 aliphatic carbocycles. The van der Waals surface area contributed by atoms with Crippen LogP contribution in [0.1, 0.15) is 55.5 Å². The Morgan fingerprint density at radius 3 is 1.58 bits per heavy atom. The number of hydrogen-bond donors (Lipinski definition) is 3. The summed E-state index contributed by atoms with van der Waals surface area (Å²) >= 11 is 0. The molecule has 0 aliphatic heterocycles. The number of carbonyl (C=O) groups excluding carboxylic acids is 1. The molecule has 226 valence electrons. The van der Waals surface area contributed by atoms with Crippen molar-refractivity contribution in [3.63, 3.8) is 0 Å². The molecule has 4 nitrogen and oxygen atoms in total. The maximum atomic E-state index is 15.0. The predicted molar refractivity (Wildman–Crippen MR) is 154 cm³/mol. The van der Waals surface area contributed by atoms with Crippen LogP contribution in [0.15, 0.2) is 84.9 Å².